The van der Waals surface area contributed by atoms with E-state index >= 15 is 0 Å². The summed E-state index contributed by atoms with van der Waals surface area (Å²) in [5.41, 5.74) is 3.25. The number of fused-ring (bicyclic) bond motifs is 2. The molecule has 1 saturated heterocycles. The first-order chi connectivity index (χ1) is 12.3. The molecule has 0 radical (unpaired) electrons. The molecule has 3 aromatic heterocycles. The average molecular weight is 354 g/mol. The van der Waals surface area contributed by atoms with Crippen LogP contribution in [0.3, 0.4) is 0 Å². The predicted molar refractivity (Wildman–Crippen MR) is 97.1 cm³/mol. The van der Waals surface area contributed by atoms with Crippen LogP contribution in [-0.2, 0) is 18.7 Å². The van der Waals surface area contributed by atoms with Gasteiger partial charge in [0, 0.05) is 49.6 Å². The van der Waals surface area contributed by atoms with E-state index in [0.717, 1.165) is 53.6 Å². The molecule has 2 aliphatic rings. The van der Waals surface area contributed by atoms with Crippen LogP contribution in [0.25, 0.3) is 5.52 Å². The Hall–Kier alpha value is -2.35. The SMILES string of the molecule is O=c1cc2c(nn1CC1CN(c3nccn4nccc34)C1)CCSC2. The van der Waals surface area contributed by atoms with E-state index in [2.05, 4.69) is 20.1 Å². The molecule has 25 heavy (non-hydrogen) atoms. The molecule has 0 saturated carbocycles. The van der Waals surface area contributed by atoms with E-state index in [0.29, 0.717) is 12.5 Å². The monoisotopic (exact) mass is 354 g/mol. The van der Waals surface area contributed by atoms with Crippen molar-refractivity contribution in [2.75, 3.05) is 23.7 Å². The van der Waals surface area contributed by atoms with Crippen molar-refractivity contribution in [3.05, 3.63) is 52.3 Å². The van der Waals surface area contributed by atoms with E-state index in [4.69, 9.17) is 0 Å². The van der Waals surface area contributed by atoms with Crippen LogP contribution in [-0.4, -0.2) is 43.2 Å². The third-order valence-corrected chi connectivity index (χ3v) is 5.90. The van der Waals surface area contributed by atoms with Crippen molar-refractivity contribution in [3.8, 4) is 0 Å². The zero-order chi connectivity index (χ0) is 16.8. The number of aryl methyl sites for hydroxylation is 1. The molecule has 0 aromatic carbocycles. The third-order valence-electron chi connectivity index (χ3n) is 4.90. The van der Waals surface area contributed by atoms with Gasteiger partial charge in [-0.3, -0.25) is 4.79 Å². The number of aromatic nitrogens is 5. The maximum atomic E-state index is 12.3. The number of hydrogen-bond donors (Lipinski definition) is 0. The second-order valence-corrected chi connectivity index (χ2v) is 7.73. The highest BCUT2D eigenvalue weighted by atomic mass is 32.2. The Labute approximate surface area is 148 Å². The molecule has 0 spiro atoms. The van der Waals surface area contributed by atoms with Crippen molar-refractivity contribution in [2.24, 2.45) is 5.92 Å². The lowest BCUT2D eigenvalue weighted by atomic mass is 10.00. The van der Waals surface area contributed by atoms with Crippen molar-refractivity contribution in [2.45, 2.75) is 18.7 Å². The molecule has 1 fully saturated rings. The summed E-state index contributed by atoms with van der Waals surface area (Å²) in [7, 11) is 0. The number of rotatable bonds is 3. The van der Waals surface area contributed by atoms with Crippen molar-refractivity contribution < 1.29 is 0 Å². The number of nitrogens with zero attached hydrogens (tertiary/aromatic N) is 6. The second-order valence-electron chi connectivity index (χ2n) is 6.62. The van der Waals surface area contributed by atoms with Crippen LogP contribution >= 0.6 is 11.8 Å². The maximum absolute atomic E-state index is 12.3. The fourth-order valence-electron chi connectivity index (χ4n) is 3.57. The van der Waals surface area contributed by atoms with Gasteiger partial charge in [-0.25, -0.2) is 14.2 Å². The van der Waals surface area contributed by atoms with Gasteiger partial charge in [0.05, 0.1) is 18.4 Å². The average Bonchev–Trinajstić information content (AvgIpc) is 3.07. The topological polar surface area (TPSA) is 68.3 Å². The Balaban J connectivity index is 1.32. The highest BCUT2D eigenvalue weighted by Crippen LogP contribution is 2.27. The van der Waals surface area contributed by atoms with E-state index in [1.165, 1.54) is 0 Å². The van der Waals surface area contributed by atoms with Gasteiger partial charge in [0.2, 0.25) is 0 Å². The molecule has 2 aliphatic heterocycles. The van der Waals surface area contributed by atoms with Crippen LogP contribution < -0.4 is 10.5 Å². The molecule has 8 heteroatoms. The summed E-state index contributed by atoms with van der Waals surface area (Å²) < 4.78 is 3.49. The number of anilines is 1. The van der Waals surface area contributed by atoms with Crippen LogP contribution in [0.4, 0.5) is 5.82 Å². The predicted octanol–water partition coefficient (Wildman–Crippen LogP) is 1.21. The van der Waals surface area contributed by atoms with Gasteiger partial charge in [-0.15, -0.1) is 0 Å². The number of hydrogen-bond acceptors (Lipinski definition) is 6. The van der Waals surface area contributed by atoms with Crippen molar-refractivity contribution in [3.63, 3.8) is 0 Å². The van der Waals surface area contributed by atoms with E-state index in [1.54, 1.807) is 23.1 Å². The van der Waals surface area contributed by atoms with E-state index < -0.39 is 0 Å². The summed E-state index contributed by atoms with van der Waals surface area (Å²) in [4.78, 5) is 19.0. The van der Waals surface area contributed by atoms with Gasteiger partial charge in [0.25, 0.3) is 5.56 Å². The molecule has 7 nitrogen and oxygen atoms in total. The Morgan fingerprint density at radius 1 is 1.28 bits per heavy atom. The Bertz CT molecular complexity index is 990. The van der Waals surface area contributed by atoms with Gasteiger partial charge >= 0.3 is 0 Å². The summed E-state index contributed by atoms with van der Waals surface area (Å²) in [6.45, 7) is 2.45. The minimum absolute atomic E-state index is 0.0238. The molecule has 0 atom stereocenters. The zero-order valence-electron chi connectivity index (χ0n) is 13.7. The molecule has 0 N–H and O–H groups in total. The van der Waals surface area contributed by atoms with Gasteiger partial charge in [-0.05, 0) is 17.4 Å². The molecule has 0 aliphatic carbocycles. The molecule has 5 rings (SSSR count). The summed E-state index contributed by atoms with van der Waals surface area (Å²) in [6, 6.07) is 3.75. The second kappa shape index (κ2) is 5.87. The molecular weight excluding hydrogens is 336 g/mol. The molecule has 128 valence electrons. The van der Waals surface area contributed by atoms with E-state index in [-0.39, 0.29) is 5.56 Å². The standard InChI is InChI=1S/C17H18N6OS/c24-16-7-13-11-25-6-2-14(13)20-23(16)10-12-8-21(9-12)17-15-1-3-19-22(15)5-4-18-17/h1,3-5,7,12H,2,6,8-11H2. The minimum atomic E-state index is 0.0238. The Morgan fingerprint density at radius 3 is 3.12 bits per heavy atom. The van der Waals surface area contributed by atoms with Crippen molar-refractivity contribution >= 4 is 23.1 Å². The fraction of sp³-hybridized carbons (Fsp3) is 0.412. The van der Waals surface area contributed by atoms with Crippen LogP contribution in [0.15, 0.2) is 35.5 Å². The lowest BCUT2D eigenvalue weighted by Gasteiger charge is -2.40. The van der Waals surface area contributed by atoms with Crippen molar-refractivity contribution in [1.29, 1.82) is 0 Å². The normalized spacial score (nSPS) is 17.5. The molecule has 5 heterocycles. The third kappa shape index (κ3) is 2.60. The molecule has 3 aromatic rings. The van der Waals surface area contributed by atoms with Gasteiger partial charge < -0.3 is 4.90 Å². The van der Waals surface area contributed by atoms with Crippen LogP contribution in [0.2, 0.25) is 0 Å². The van der Waals surface area contributed by atoms with Crippen LogP contribution in [0.5, 0.6) is 0 Å². The lowest BCUT2D eigenvalue weighted by molar-refractivity contribution is 0.331. The van der Waals surface area contributed by atoms with Gasteiger partial charge in [0.15, 0.2) is 5.82 Å². The summed E-state index contributed by atoms with van der Waals surface area (Å²) in [5, 5.41) is 8.87. The van der Waals surface area contributed by atoms with Gasteiger partial charge in [-0.2, -0.15) is 22.0 Å². The van der Waals surface area contributed by atoms with E-state index in [1.807, 2.05) is 28.5 Å². The Morgan fingerprint density at radius 2 is 2.20 bits per heavy atom. The quantitative estimate of drug-likeness (QED) is 0.704. The first-order valence-electron chi connectivity index (χ1n) is 8.49. The van der Waals surface area contributed by atoms with Crippen LogP contribution in [0.1, 0.15) is 11.3 Å². The summed E-state index contributed by atoms with van der Waals surface area (Å²) >= 11 is 1.87. The maximum Gasteiger partial charge on any atom is 0.267 e. The number of thioether (sulfide) groups is 1. The summed E-state index contributed by atoms with van der Waals surface area (Å²) in [6.07, 6.45) is 6.37. The summed E-state index contributed by atoms with van der Waals surface area (Å²) in [5.74, 6) is 3.39. The van der Waals surface area contributed by atoms with Crippen molar-refractivity contribution in [1.82, 2.24) is 24.4 Å². The highest BCUT2D eigenvalue weighted by Gasteiger charge is 2.30. The zero-order valence-corrected chi connectivity index (χ0v) is 14.5. The van der Waals surface area contributed by atoms with Gasteiger partial charge in [0.1, 0.15) is 5.52 Å². The first kappa shape index (κ1) is 14.9. The fourth-order valence-corrected chi connectivity index (χ4v) is 4.53. The molecule has 0 bridgehead atoms. The largest absolute Gasteiger partial charge is 0.354 e. The highest BCUT2D eigenvalue weighted by molar-refractivity contribution is 7.98. The minimum Gasteiger partial charge on any atom is -0.354 e. The molecule has 0 unspecified atom stereocenters. The first-order valence-corrected chi connectivity index (χ1v) is 9.64. The molecule has 0 amide bonds. The van der Waals surface area contributed by atoms with E-state index in [9.17, 15) is 4.79 Å². The Kier molecular flexibility index (Phi) is 3.51. The van der Waals surface area contributed by atoms with Gasteiger partial charge in [-0.1, -0.05) is 0 Å². The van der Waals surface area contributed by atoms with Crippen LogP contribution in [0, 0.1) is 5.92 Å². The smallest absolute Gasteiger partial charge is 0.267 e. The lowest BCUT2D eigenvalue weighted by Crippen LogP contribution is -2.50. The molecular formula is C17H18N6OS.